The van der Waals surface area contributed by atoms with Gasteiger partial charge in [0.15, 0.2) is 0 Å². The van der Waals surface area contributed by atoms with E-state index in [1.807, 2.05) is 42.5 Å². The second kappa shape index (κ2) is 5.95. The highest BCUT2D eigenvalue weighted by atomic mass is 35.5. The van der Waals surface area contributed by atoms with E-state index in [9.17, 15) is 4.79 Å². The number of rotatable bonds is 2. The van der Waals surface area contributed by atoms with Crippen molar-refractivity contribution in [3.05, 3.63) is 88.2 Å². The van der Waals surface area contributed by atoms with Gasteiger partial charge in [0.05, 0.1) is 15.9 Å². The van der Waals surface area contributed by atoms with Crippen molar-refractivity contribution in [1.82, 2.24) is 9.97 Å². The summed E-state index contributed by atoms with van der Waals surface area (Å²) in [7, 11) is 0. The van der Waals surface area contributed by atoms with Crippen LogP contribution in [0.15, 0.2) is 77.6 Å². The molecule has 0 radical (unpaired) electrons. The highest BCUT2D eigenvalue weighted by Crippen LogP contribution is 2.24. The fraction of sp³-hybridized carbons (Fsp3) is 0. The third kappa shape index (κ3) is 2.59. The van der Waals surface area contributed by atoms with Crippen LogP contribution < -0.4 is 5.56 Å². The van der Waals surface area contributed by atoms with E-state index in [1.165, 1.54) is 0 Å². The van der Waals surface area contributed by atoms with Crippen molar-refractivity contribution >= 4 is 22.5 Å². The normalized spacial score (nSPS) is 10.9. The molecule has 0 saturated carbocycles. The molecule has 3 nitrogen and oxygen atoms in total. The molecule has 0 amide bonds. The molecule has 3 aromatic carbocycles. The van der Waals surface area contributed by atoms with Crippen molar-refractivity contribution in [3.63, 3.8) is 0 Å². The third-order valence-electron chi connectivity index (χ3n) is 3.95. The maximum absolute atomic E-state index is 12.3. The van der Waals surface area contributed by atoms with Gasteiger partial charge in [0, 0.05) is 5.56 Å². The highest BCUT2D eigenvalue weighted by molar-refractivity contribution is 6.35. The molecule has 4 rings (SSSR count). The number of H-pyrrole nitrogens is 1. The van der Waals surface area contributed by atoms with Crippen LogP contribution in [-0.2, 0) is 0 Å². The van der Waals surface area contributed by atoms with Gasteiger partial charge in [-0.15, -0.1) is 0 Å². The largest absolute Gasteiger partial charge is 0.306 e. The Morgan fingerprint density at radius 1 is 0.750 bits per heavy atom. The van der Waals surface area contributed by atoms with E-state index in [4.69, 9.17) is 11.6 Å². The SMILES string of the molecule is O=c1[nH]c(-c2ccc(-c3ccccc3)cc2)nc2c(Cl)cccc12. The zero-order valence-electron chi connectivity index (χ0n) is 12.7. The Hall–Kier alpha value is -2.91. The van der Waals surface area contributed by atoms with E-state index < -0.39 is 0 Å². The van der Waals surface area contributed by atoms with E-state index in [0.29, 0.717) is 21.7 Å². The molecule has 116 valence electrons. The molecule has 0 aliphatic heterocycles. The van der Waals surface area contributed by atoms with Crippen LogP contribution in [-0.4, -0.2) is 9.97 Å². The molecule has 0 aliphatic carbocycles. The molecule has 0 atom stereocenters. The van der Waals surface area contributed by atoms with Crippen molar-refractivity contribution in [3.8, 4) is 22.5 Å². The van der Waals surface area contributed by atoms with Crippen molar-refractivity contribution in [2.45, 2.75) is 0 Å². The monoisotopic (exact) mass is 332 g/mol. The standard InChI is InChI=1S/C20H13ClN2O/c21-17-8-4-7-16-18(17)22-19(23-20(16)24)15-11-9-14(10-12-15)13-5-2-1-3-6-13/h1-12H,(H,22,23,24). The molecular formula is C20H13ClN2O. The fourth-order valence-electron chi connectivity index (χ4n) is 2.71. The molecule has 1 N–H and O–H groups in total. The number of fused-ring (bicyclic) bond motifs is 1. The first kappa shape index (κ1) is 14.7. The zero-order valence-corrected chi connectivity index (χ0v) is 13.4. The first-order valence-corrected chi connectivity index (χ1v) is 7.94. The van der Waals surface area contributed by atoms with E-state index in [1.54, 1.807) is 18.2 Å². The smallest absolute Gasteiger partial charge is 0.259 e. The minimum atomic E-state index is -0.190. The lowest BCUT2D eigenvalue weighted by atomic mass is 10.0. The lowest BCUT2D eigenvalue weighted by Crippen LogP contribution is -2.09. The van der Waals surface area contributed by atoms with Crippen LogP contribution in [0, 0.1) is 0 Å². The number of hydrogen-bond acceptors (Lipinski definition) is 2. The zero-order chi connectivity index (χ0) is 16.5. The lowest BCUT2D eigenvalue weighted by molar-refractivity contribution is 1.18. The number of hydrogen-bond donors (Lipinski definition) is 1. The van der Waals surface area contributed by atoms with Gasteiger partial charge < -0.3 is 4.98 Å². The molecule has 0 unspecified atom stereocenters. The topological polar surface area (TPSA) is 45.8 Å². The number of benzene rings is 3. The average Bonchev–Trinajstić information content (AvgIpc) is 2.63. The summed E-state index contributed by atoms with van der Waals surface area (Å²) in [4.78, 5) is 19.6. The van der Waals surface area contributed by atoms with E-state index in [0.717, 1.165) is 16.7 Å². The van der Waals surface area contributed by atoms with E-state index in [2.05, 4.69) is 22.1 Å². The highest BCUT2D eigenvalue weighted by Gasteiger charge is 2.08. The summed E-state index contributed by atoms with van der Waals surface area (Å²) in [5.41, 5.74) is 3.43. The molecule has 0 aliphatic rings. The van der Waals surface area contributed by atoms with Gasteiger partial charge in [-0.25, -0.2) is 4.98 Å². The van der Waals surface area contributed by atoms with E-state index >= 15 is 0 Å². The van der Waals surface area contributed by atoms with Crippen LogP contribution in [0.4, 0.5) is 0 Å². The first-order valence-electron chi connectivity index (χ1n) is 7.57. The van der Waals surface area contributed by atoms with Gasteiger partial charge in [0.25, 0.3) is 5.56 Å². The van der Waals surface area contributed by atoms with Crippen LogP contribution in [0.25, 0.3) is 33.4 Å². The van der Waals surface area contributed by atoms with Gasteiger partial charge >= 0.3 is 0 Å². The molecule has 24 heavy (non-hydrogen) atoms. The average molecular weight is 333 g/mol. The number of aromatic amines is 1. The number of aromatic nitrogens is 2. The van der Waals surface area contributed by atoms with Crippen molar-refractivity contribution in [2.24, 2.45) is 0 Å². The summed E-state index contributed by atoms with van der Waals surface area (Å²) >= 11 is 6.18. The third-order valence-corrected chi connectivity index (χ3v) is 4.26. The first-order chi connectivity index (χ1) is 11.7. The minimum Gasteiger partial charge on any atom is -0.306 e. The lowest BCUT2D eigenvalue weighted by Gasteiger charge is -2.06. The Balaban J connectivity index is 1.81. The predicted octanol–water partition coefficient (Wildman–Crippen LogP) is 4.91. The fourth-order valence-corrected chi connectivity index (χ4v) is 2.93. The second-order valence-corrected chi connectivity index (χ2v) is 5.90. The van der Waals surface area contributed by atoms with Gasteiger partial charge in [0.2, 0.25) is 0 Å². The van der Waals surface area contributed by atoms with Crippen molar-refractivity contribution in [1.29, 1.82) is 0 Å². The molecular weight excluding hydrogens is 320 g/mol. The summed E-state index contributed by atoms with van der Waals surface area (Å²) in [6.07, 6.45) is 0. The number of para-hydroxylation sites is 1. The van der Waals surface area contributed by atoms with Crippen LogP contribution >= 0.6 is 11.6 Å². The molecule has 4 heteroatoms. The Labute approximate surface area is 143 Å². The number of nitrogens with one attached hydrogen (secondary N) is 1. The molecule has 1 aromatic heterocycles. The maximum atomic E-state index is 12.3. The van der Waals surface area contributed by atoms with Gasteiger partial charge in [-0.05, 0) is 23.3 Å². The van der Waals surface area contributed by atoms with Crippen LogP contribution in [0.3, 0.4) is 0 Å². The van der Waals surface area contributed by atoms with E-state index in [-0.39, 0.29) is 5.56 Å². The minimum absolute atomic E-state index is 0.190. The van der Waals surface area contributed by atoms with Crippen LogP contribution in [0.2, 0.25) is 5.02 Å². The Morgan fingerprint density at radius 3 is 2.17 bits per heavy atom. The Morgan fingerprint density at radius 2 is 1.42 bits per heavy atom. The van der Waals surface area contributed by atoms with Gasteiger partial charge in [0.1, 0.15) is 5.82 Å². The van der Waals surface area contributed by atoms with Gasteiger partial charge in [-0.3, -0.25) is 4.79 Å². The quantitative estimate of drug-likeness (QED) is 0.567. The number of nitrogens with zero attached hydrogens (tertiary/aromatic N) is 1. The molecule has 0 bridgehead atoms. The molecule has 0 fully saturated rings. The Bertz CT molecular complexity index is 1070. The summed E-state index contributed by atoms with van der Waals surface area (Å²) in [5, 5.41) is 0.966. The summed E-state index contributed by atoms with van der Waals surface area (Å²) in [6, 6.07) is 23.3. The predicted molar refractivity (Wildman–Crippen MR) is 98.2 cm³/mol. The second-order valence-electron chi connectivity index (χ2n) is 5.49. The number of halogens is 1. The van der Waals surface area contributed by atoms with Gasteiger partial charge in [-0.2, -0.15) is 0 Å². The summed E-state index contributed by atoms with van der Waals surface area (Å²) < 4.78 is 0. The molecule has 0 saturated heterocycles. The van der Waals surface area contributed by atoms with Crippen LogP contribution in [0.1, 0.15) is 0 Å². The van der Waals surface area contributed by atoms with Crippen LogP contribution in [0.5, 0.6) is 0 Å². The molecule has 1 heterocycles. The maximum Gasteiger partial charge on any atom is 0.259 e. The van der Waals surface area contributed by atoms with Gasteiger partial charge in [-0.1, -0.05) is 72.3 Å². The Kier molecular flexibility index (Phi) is 3.63. The molecule has 4 aromatic rings. The molecule has 0 spiro atoms. The van der Waals surface area contributed by atoms with Crippen molar-refractivity contribution in [2.75, 3.05) is 0 Å². The summed E-state index contributed by atoms with van der Waals surface area (Å²) in [6.45, 7) is 0. The summed E-state index contributed by atoms with van der Waals surface area (Å²) in [5.74, 6) is 0.514. The van der Waals surface area contributed by atoms with Crippen molar-refractivity contribution < 1.29 is 0 Å².